The van der Waals surface area contributed by atoms with Crippen molar-refractivity contribution in [2.45, 2.75) is 47.1 Å². The van der Waals surface area contributed by atoms with E-state index in [1.54, 1.807) is 16.9 Å². The molecule has 0 aliphatic carbocycles. The Labute approximate surface area is 199 Å². The first-order chi connectivity index (χ1) is 16.2. The number of esters is 1. The third-order valence-electron chi connectivity index (χ3n) is 5.59. The lowest BCUT2D eigenvalue weighted by atomic mass is 10.0. The molecule has 8 heteroatoms. The molecule has 8 nitrogen and oxygen atoms in total. The van der Waals surface area contributed by atoms with Crippen molar-refractivity contribution in [3.63, 3.8) is 0 Å². The Morgan fingerprint density at radius 2 is 1.94 bits per heavy atom. The van der Waals surface area contributed by atoms with Gasteiger partial charge in [-0.3, -0.25) is 4.79 Å². The second kappa shape index (κ2) is 10.8. The van der Waals surface area contributed by atoms with Crippen LogP contribution in [-0.4, -0.2) is 29.7 Å². The highest BCUT2D eigenvalue weighted by Gasteiger charge is 2.21. The van der Waals surface area contributed by atoms with Crippen LogP contribution in [0.2, 0.25) is 0 Å². The number of nitriles is 1. The van der Waals surface area contributed by atoms with Gasteiger partial charge in [-0.15, -0.1) is 0 Å². The molecule has 2 heterocycles. The van der Waals surface area contributed by atoms with Crippen LogP contribution in [0.3, 0.4) is 0 Å². The normalized spacial score (nSPS) is 10.7. The standard InChI is InChI=1S/C26H29N3O5/c1-16(2)21-9-8-17(3)11-23(21)33-15-25(31)34-14-24(30)28-26-22(12-27)18(4)19(5)29(26)13-20-7-6-10-32-20/h6-11,16H,13-15H2,1-5H3,(H,28,30). The molecule has 1 aromatic carbocycles. The van der Waals surface area contributed by atoms with Crippen LogP contribution in [0.4, 0.5) is 5.82 Å². The Morgan fingerprint density at radius 3 is 2.59 bits per heavy atom. The van der Waals surface area contributed by atoms with E-state index in [2.05, 4.69) is 11.4 Å². The van der Waals surface area contributed by atoms with Gasteiger partial charge in [0, 0.05) is 5.69 Å². The molecule has 0 atom stereocenters. The highest BCUT2D eigenvalue weighted by molar-refractivity contribution is 5.93. The van der Waals surface area contributed by atoms with Gasteiger partial charge in [0.25, 0.3) is 5.91 Å². The predicted molar refractivity (Wildman–Crippen MR) is 127 cm³/mol. The van der Waals surface area contributed by atoms with Crippen molar-refractivity contribution in [1.29, 1.82) is 5.26 Å². The lowest BCUT2D eigenvalue weighted by Gasteiger charge is -2.15. The number of ether oxygens (including phenoxy) is 2. The molecule has 0 fully saturated rings. The number of nitrogens with zero attached hydrogens (tertiary/aromatic N) is 2. The molecule has 0 spiro atoms. The fourth-order valence-corrected chi connectivity index (χ4v) is 3.62. The Balaban J connectivity index is 1.62. The van der Waals surface area contributed by atoms with Gasteiger partial charge in [0.2, 0.25) is 0 Å². The Hall–Kier alpha value is -3.99. The number of anilines is 1. The molecule has 2 aromatic heterocycles. The number of hydrogen-bond donors (Lipinski definition) is 1. The molecule has 3 rings (SSSR count). The lowest BCUT2D eigenvalue weighted by Crippen LogP contribution is -2.25. The average Bonchev–Trinajstić information content (AvgIpc) is 3.39. The van der Waals surface area contributed by atoms with E-state index in [0.717, 1.165) is 22.4 Å². The van der Waals surface area contributed by atoms with Gasteiger partial charge >= 0.3 is 5.97 Å². The first kappa shape index (κ1) is 24.6. The largest absolute Gasteiger partial charge is 0.482 e. The molecular formula is C26H29N3O5. The van der Waals surface area contributed by atoms with Crippen molar-refractivity contribution >= 4 is 17.7 Å². The van der Waals surface area contributed by atoms with Gasteiger partial charge in [-0.2, -0.15) is 5.26 Å². The molecule has 3 aromatic rings. The van der Waals surface area contributed by atoms with Crippen LogP contribution in [0.5, 0.6) is 5.75 Å². The maximum Gasteiger partial charge on any atom is 0.344 e. The summed E-state index contributed by atoms with van der Waals surface area (Å²) in [7, 11) is 0. The molecule has 0 bridgehead atoms. The van der Waals surface area contributed by atoms with Crippen molar-refractivity contribution in [2.75, 3.05) is 18.5 Å². The molecule has 0 radical (unpaired) electrons. The Kier molecular flexibility index (Phi) is 7.79. The summed E-state index contributed by atoms with van der Waals surface area (Å²) in [6, 6.07) is 11.6. The SMILES string of the molecule is Cc1ccc(C(C)C)c(OCC(=O)OCC(=O)Nc2c(C#N)c(C)c(C)n2Cc2ccco2)c1. The van der Waals surface area contributed by atoms with Gasteiger partial charge in [-0.05, 0) is 61.6 Å². The molecule has 178 valence electrons. The summed E-state index contributed by atoms with van der Waals surface area (Å²) in [5.74, 6) is 0.658. The first-order valence-corrected chi connectivity index (χ1v) is 11.0. The maximum atomic E-state index is 12.5. The first-order valence-electron chi connectivity index (χ1n) is 11.0. The molecule has 0 unspecified atom stereocenters. The van der Waals surface area contributed by atoms with Crippen LogP contribution in [0.1, 0.15) is 53.5 Å². The van der Waals surface area contributed by atoms with Crippen molar-refractivity contribution in [2.24, 2.45) is 0 Å². The van der Waals surface area contributed by atoms with E-state index in [9.17, 15) is 14.9 Å². The van der Waals surface area contributed by atoms with Gasteiger partial charge < -0.3 is 23.8 Å². The summed E-state index contributed by atoms with van der Waals surface area (Å²) < 4.78 is 18.0. The van der Waals surface area contributed by atoms with E-state index in [1.165, 1.54) is 0 Å². The Morgan fingerprint density at radius 1 is 1.18 bits per heavy atom. The van der Waals surface area contributed by atoms with Crippen molar-refractivity contribution < 1.29 is 23.5 Å². The molecule has 1 amide bonds. The fourth-order valence-electron chi connectivity index (χ4n) is 3.62. The smallest absolute Gasteiger partial charge is 0.344 e. The monoisotopic (exact) mass is 463 g/mol. The highest BCUT2D eigenvalue weighted by Crippen LogP contribution is 2.28. The zero-order valence-electron chi connectivity index (χ0n) is 20.1. The van der Waals surface area contributed by atoms with Crippen LogP contribution >= 0.6 is 0 Å². The number of carbonyl (C=O) groups excluding carboxylic acids is 2. The summed E-state index contributed by atoms with van der Waals surface area (Å²) in [6.45, 7) is 9.25. The number of amides is 1. The van der Waals surface area contributed by atoms with Gasteiger partial charge in [0.05, 0.1) is 18.4 Å². The van der Waals surface area contributed by atoms with E-state index < -0.39 is 18.5 Å². The van der Waals surface area contributed by atoms with Crippen LogP contribution in [0, 0.1) is 32.1 Å². The molecule has 0 aliphatic heterocycles. The fraction of sp³-hybridized carbons (Fsp3) is 0.346. The average molecular weight is 464 g/mol. The second-order valence-corrected chi connectivity index (χ2v) is 8.40. The summed E-state index contributed by atoms with van der Waals surface area (Å²) in [6.07, 6.45) is 1.56. The van der Waals surface area contributed by atoms with E-state index in [-0.39, 0.29) is 12.5 Å². The zero-order chi connectivity index (χ0) is 24.8. The zero-order valence-corrected chi connectivity index (χ0v) is 20.1. The molecule has 0 saturated heterocycles. The van der Waals surface area contributed by atoms with Crippen LogP contribution in [-0.2, 0) is 20.9 Å². The predicted octanol–water partition coefficient (Wildman–Crippen LogP) is 4.61. The molecule has 0 saturated carbocycles. The number of aryl methyl sites for hydroxylation is 1. The second-order valence-electron chi connectivity index (χ2n) is 8.40. The van der Waals surface area contributed by atoms with Gasteiger partial charge in [0.1, 0.15) is 23.4 Å². The topological polar surface area (TPSA) is 106 Å². The molecule has 0 aliphatic rings. The van der Waals surface area contributed by atoms with Crippen molar-refractivity contribution in [3.05, 3.63) is 70.3 Å². The number of carbonyl (C=O) groups is 2. The number of benzene rings is 1. The minimum atomic E-state index is -0.662. The van der Waals surface area contributed by atoms with Crippen LogP contribution in [0.25, 0.3) is 0 Å². The number of hydrogen-bond acceptors (Lipinski definition) is 6. The van der Waals surface area contributed by atoms with Crippen LogP contribution < -0.4 is 10.1 Å². The van der Waals surface area contributed by atoms with E-state index in [1.807, 2.05) is 58.9 Å². The summed E-state index contributed by atoms with van der Waals surface area (Å²) in [5.41, 5.74) is 3.95. The third kappa shape index (κ3) is 5.67. The number of aromatic nitrogens is 1. The van der Waals surface area contributed by atoms with Gasteiger partial charge in [-0.25, -0.2) is 4.79 Å². The van der Waals surface area contributed by atoms with Crippen LogP contribution in [0.15, 0.2) is 41.0 Å². The third-order valence-corrected chi connectivity index (χ3v) is 5.59. The highest BCUT2D eigenvalue weighted by atomic mass is 16.6. The van der Waals surface area contributed by atoms with Crippen molar-refractivity contribution in [1.82, 2.24) is 4.57 Å². The number of furan rings is 1. The summed E-state index contributed by atoms with van der Waals surface area (Å²) >= 11 is 0. The van der Waals surface area contributed by atoms with E-state index in [0.29, 0.717) is 29.4 Å². The summed E-state index contributed by atoms with van der Waals surface area (Å²) in [5, 5.41) is 12.3. The molecule has 34 heavy (non-hydrogen) atoms. The maximum absolute atomic E-state index is 12.5. The minimum Gasteiger partial charge on any atom is -0.482 e. The van der Waals surface area contributed by atoms with Crippen molar-refractivity contribution in [3.8, 4) is 11.8 Å². The quantitative estimate of drug-likeness (QED) is 0.465. The lowest BCUT2D eigenvalue weighted by molar-refractivity contribution is -0.149. The molecular weight excluding hydrogens is 434 g/mol. The van der Waals surface area contributed by atoms with E-state index >= 15 is 0 Å². The molecule has 1 N–H and O–H groups in total. The van der Waals surface area contributed by atoms with Gasteiger partial charge in [0.15, 0.2) is 13.2 Å². The number of nitrogens with one attached hydrogen (secondary N) is 1. The number of rotatable bonds is 9. The van der Waals surface area contributed by atoms with Gasteiger partial charge in [-0.1, -0.05) is 26.0 Å². The van der Waals surface area contributed by atoms with E-state index in [4.69, 9.17) is 13.9 Å². The Bertz CT molecular complexity index is 1220. The minimum absolute atomic E-state index is 0.232. The summed E-state index contributed by atoms with van der Waals surface area (Å²) in [4.78, 5) is 24.7.